The Morgan fingerprint density at radius 2 is 1.31 bits per heavy atom. The van der Waals surface area contributed by atoms with Crippen LogP contribution in [0.4, 0.5) is 0 Å². The molecule has 2 aromatic carbocycles. The van der Waals surface area contributed by atoms with Gasteiger partial charge in [-0.1, -0.05) is 83.2 Å². The van der Waals surface area contributed by atoms with Crippen molar-refractivity contribution in [1.82, 2.24) is 0 Å². The highest BCUT2D eigenvalue weighted by Crippen LogP contribution is 2.44. The van der Waals surface area contributed by atoms with Gasteiger partial charge in [-0.25, -0.2) is 4.79 Å². The molecule has 0 radical (unpaired) electrons. The van der Waals surface area contributed by atoms with E-state index in [0.29, 0.717) is 18.4 Å². The van der Waals surface area contributed by atoms with E-state index in [9.17, 15) is 15.0 Å². The zero-order valence-corrected chi connectivity index (χ0v) is 25.8. The summed E-state index contributed by atoms with van der Waals surface area (Å²) in [5, 5.41) is 20.2. The summed E-state index contributed by atoms with van der Waals surface area (Å²) in [6.45, 7) is 9.91. The molecule has 42 heavy (non-hydrogen) atoms. The van der Waals surface area contributed by atoms with Crippen molar-refractivity contribution in [2.24, 2.45) is 0 Å². The summed E-state index contributed by atoms with van der Waals surface area (Å²) < 4.78 is 17.2. The lowest BCUT2D eigenvalue weighted by Crippen LogP contribution is -2.25. The van der Waals surface area contributed by atoms with Crippen LogP contribution in [-0.4, -0.2) is 48.2 Å². The Bertz CT molecular complexity index is 1170. The molecule has 0 aliphatic heterocycles. The highest BCUT2D eigenvalue weighted by molar-refractivity contribution is 5.81. The van der Waals surface area contributed by atoms with Crippen molar-refractivity contribution in [3.63, 3.8) is 0 Å². The molecule has 2 atom stereocenters. The van der Waals surface area contributed by atoms with Gasteiger partial charge in [-0.2, -0.15) is 0 Å². The molecule has 0 saturated heterocycles. The minimum absolute atomic E-state index is 0.0472. The second kappa shape index (κ2) is 15.1. The summed E-state index contributed by atoms with van der Waals surface area (Å²) in [6, 6.07) is 13.1. The van der Waals surface area contributed by atoms with Crippen LogP contribution >= 0.6 is 0 Å². The fourth-order valence-electron chi connectivity index (χ4n) is 6.45. The Balaban J connectivity index is 1.62. The standard InChI is InChI=1S/C36H50O6/c1-5-35(39)42-24-30(38)23-41-34-19-17-29(21-32(34)27-14-10-7-11-15-27)36(3,4)28-16-18-33(40-22-25(2)37)31(20-28)26-12-8-6-9-13-26/h5,16-21,25-27,30,37-38H,1,6-15,22-24H2,2-4H3. The van der Waals surface area contributed by atoms with Gasteiger partial charge in [0.25, 0.3) is 0 Å². The first-order chi connectivity index (χ1) is 20.2. The van der Waals surface area contributed by atoms with Crippen LogP contribution < -0.4 is 9.47 Å². The van der Waals surface area contributed by atoms with Crippen molar-refractivity contribution in [3.8, 4) is 11.5 Å². The zero-order chi connectivity index (χ0) is 30.1. The Kier molecular flexibility index (Phi) is 11.5. The highest BCUT2D eigenvalue weighted by atomic mass is 16.5. The van der Waals surface area contributed by atoms with Gasteiger partial charge in [-0.05, 0) is 78.8 Å². The molecule has 2 N–H and O–H groups in total. The van der Waals surface area contributed by atoms with Crippen LogP contribution in [0.2, 0.25) is 0 Å². The van der Waals surface area contributed by atoms with Crippen LogP contribution in [0.15, 0.2) is 49.1 Å². The van der Waals surface area contributed by atoms with Crippen LogP contribution in [0.25, 0.3) is 0 Å². The first kappa shape index (κ1) is 32.1. The number of esters is 1. The minimum Gasteiger partial charge on any atom is -0.491 e. The summed E-state index contributed by atoms with van der Waals surface area (Å²) in [6.07, 6.45) is 11.7. The molecule has 6 heteroatoms. The second-order valence-electron chi connectivity index (χ2n) is 12.8. The molecule has 230 valence electrons. The fourth-order valence-corrected chi connectivity index (χ4v) is 6.45. The second-order valence-corrected chi connectivity index (χ2v) is 12.8. The molecule has 2 saturated carbocycles. The Morgan fingerprint density at radius 1 is 0.833 bits per heavy atom. The van der Waals surface area contributed by atoms with Crippen LogP contribution in [0.3, 0.4) is 0 Å². The van der Waals surface area contributed by atoms with Crippen LogP contribution in [-0.2, 0) is 14.9 Å². The lowest BCUT2D eigenvalue weighted by Gasteiger charge is -2.32. The summed E-state index contributed by atoms with van der Waals surface area (Å²) in [4.78, 5) is 11.4. The topological polar surface area (TPSA) is 85.2 Å². The third kappa shape index (κ3) is 8.38. The van der Waals surface area contributed by atoms with Crippen molar-refractivity contribution < 1.29 is 29.2 Å². The minimum atomic E-state index is -0.919. The van der Waals surface area contributed by atoms with Gasteiger partial charge in [-0.3, -0.25) is 0 Å². The van der Waals surface area contributed by atoms with Gasteiger partial charge >= 0.3 is 5.97 Å². The van der Waals surface area contributed by atoms with E-state index in [0.717, 1.165) is 30.4 Å². The van der Waals surface area contributed by atoms with E-state index in [-0.39, 0.29) is 18.6 Å². The van der Waals surface area contributed by atoms with Gasteiger partial charge in [0, 0.05) is 11.5 Å². The van der Waals surface area contributed by atoms with E-state index in [2.05, 4.69) is 50.8 Å². The molecule has 4 rings (SSSR count). The maximum Gasteiger partial charge on any atom is 0.330 e. The maximum atomic E-state index is 11.4. The fraction of sp³-hybridized carbons (Fsp3) is 0.583. The maximum absolute atomic E-state index is 11.4. The smallest absolute Gasteiger partial charge is 0.330 e. The third-order valence-corrected chi connectivity index (χ3v) is 9.05. The molecular weight excluding hydrogens is 528 g/mol. The van der Waals surface area contributed by atoms with Gasteiger partial charge in [-0.15, -0.1) is 0 Å². The van der Waals surface area contributed by atoms with Crippen molar-refractivity contribution in [3.05, 3.63) is 71.3 Å². The first-order valence-corrected chi connectivity index (χ1v) is 15.9. The van der Waals surface area contributed by atoms with E-state index in [1.54, 1.807) is 6.92 Å². The van der Waals surface area contributed by atoms with E-state index in [1.165, 1.54) is 73.6 Å². The van der Waals surface area contributed by atoms with Crippen LogP contribution in [0.1, 0.15) is 119 Å². The molecule has 2 fully saturated rings. The summed E-state index contributed by atoms with van der Waals surface area (Å²) in [5.74, 6) is 2.02. The number of benzene rings is 2. The number of hydrogen-bond donors (Lipinski definition) is 2. The van der Waals surface area contributed by atoms with E-state index < -0.39 is 18.2 Å². The van der Waals surface area contributed by atoms with Crippen molar-refractivity contribution in [1.29, 1.82) is 0 Å². The largest absolute Gasteiger partial charge is 0.491 e. The van der Waals surface area contributed by atoms with E-state index in [1.807, 2.05) is 6.07 Å². The molecule has 2 aliphatic rings. The van der Waals surface area contributed by atoms with E-state index >= 15 is 0 Å². The third-order valence-electron chi connectivity index (χ3n) is 9.05. The number of rotatable bonds is 13. The van der Waals surface area contributed by atoms with Crippen LogP contribution in [0.5, 0.6) is 11.5 Å². The highest BCUT2D eigenvalue weighted by Gasteiger charge is 2.29. The number of carbonyl (C=O) groups excluding carboxylic acids is 1. The van der Waals surface area contributed by atoms with Gasteiger partial charge in [0.2, 0.25) is 0 Å². The average molecular weight is 579 g/mol. The van der Waals surface area contributed by atoms with Crippen LogP contribution in [0, 0.1) is 0 Å². The zero-order valence-electron chi connectivity index (χ0n) is 25.8. The first-order valence-electron chi connectivity index (χ1n) is 15.9. The molecule has 0 spiro atoms. The van der Waals surface area contributed by atoms with Crippen molar-refractivity contribution in [2.75, 3.05) is 19.8 Å². The predicted molar refractivity (Wildman–Crippen MR) is 166 cm³/mol. The lowest BCUT2D eigenvalue weighted by atomic mass is 9.74. The molecule has 0 heterocycles. The van der Waals surface area contributed by atoms with Crippen molar-refractivity contribution >= 4 is 5.97 Å². The quantitative estimate of drug-likeness (QED) is 0.191. The predicted octanol–water partition coefficient (Wildman–Crippen LogP) is 7.34. The summed E-state index contributed by atoms with van der Waals surface area (Å²) in [7, 11) is 0. The normalized spacial score (nSPS) is 18.2. The molecule has 0 amide bonds. The van der Waals surface area contributed by atoms with Gasteiger partial charge in [0.1, 0.15) is 37.4 Å². The number of ether oxygens (including phenoxy) is 3. The molecule has 2 aliphatic carbocycles. The average Bonchev–Trinajstić information content (AvgIpc) is 3.02. The number of aliphatic hydroxyl groups is 2. The summed E-state index contributed by atoms with van der Waals surface area (Å²) >= 11 is 0. The number of aliphatic hydroxyl groups excluding tert-OH is 2. The number of hydrogen-bond acceptors (Lipinski definition) is 6. The Labute approximate surface area is 252 Å². The number of carbonyl (C=O) groups is 1. The molecule has 0 aromatic heterocycles. The van der Waals surface area contributed by atoms with Crippen molar-refractivity contribution in [2.45, 2.75) is 114 Å². The molecule has 6 nitrogen and oxygen atoms in total. The van der Waals surface area contributed by atoms with E-state index in [4.69, 9.17) is 14.2 Å². The SMILES string of the molecule is C=CC(=O)OCC(O)COc1ccc(C(C)(C)c2ccc(OCC(C)O)c(C3CCCCC3)c2)cc1C1CCCCC1. The molecule has 2 unspecified atom stereocenters. The molecule has 0 bridgehead atoms. The Morgan fingerprint density at radius 3 is 1.76 bits per heavy atom. The molecule has 2 aromatic rings. The molecular formula is C36H50O6. The monoisotopic (exact) mass is 578 g/mol. The van der Waals surface area contributed by atoms with Gasteiger partial charge < -0.3 is 24.4 Å². The van der Waals surface area contributed by atoms with Gasteiger partial charge in [0.05, 0.1) is 6.10 Å². The lowest BCUT2D eigenvalue weighted by molar-refractivity contribution is -0.141. The Hall–Kier alpha value is -2.83. The van der Waals surface area contributed by atoms with Gasteiger partial charge in [0.15, 0.2) is 0 Å². The summed E-state index contributed by atoms with van der Waals surface area (Å²) in [5.41, 5.74) is 4.67.